The molecule has 0 spiro atoms. The van der Waals surface area contributed by atoms with E-state index in [0.717, 1.165) is 12.1 Å². The van der Waals surface area contributed by atoms with Crippen molar-refractivity contribution in [2.24, 2.45) is 0 Å². The Balaban J connectivity index is 1.72. The number of aliphatic hydroxyl groups excluding tert-OH is 4. The molecule has 5 atom stereocenters. The van der Waals surface area contributed by atoms with Crippen LogP contribution in [-0.4, -0.2) is 73.1 Å². The molecule has 0 unspecified atom stereocenters. The first-order chi connectivity index (χ1) is 15.2. The van der Waals surface area contributed by atoms with Gasteiger partial charge in [0.1, 0.15) is 52.6 Å². The Bertz CT molecular complexity index is 1200. The van der Waals surface area contributed by atoms with Crippen LogP contribution in [0.4, 0.5) is 0 Å². The molecule has 11 heteroatoms. The van der Waals surface area contributed by atoms with E-state index in [1.807, 2.05) is 0 Å². The van der Waals surface area contributed by atoms with Gasteiger partial charge in [-0.25, -0.2) is 0 Å². The third-order valence-corrected chi connectivity index (χ3v) is 5.14. The van der Waals surface area contributed by atoms with Crippen molar-refractivity contribution in [2.75, 3.05) is 6.61 Å². The van der Waals surface area contributed by atoms with Crippen molar-refractivity contribution < 1.29 is 49.6 Å². The van der Waals surface area contributed by atoms with E-state index in [-0.39, 0.29) is 33.8 Å². The number of hydrogen-bond acceptors (Lipinski definition) is 11. The Kier molecular flexibility index (Phi) is 5.67. The molecule has 1 aromatic heterocycles. The molecule has 32 heavy (non-hydrogen) atoms. The van der Waals surface area contributed by atoms with Gasteiger partial charge in [-0.2, -0.15) is 0 Å². The molecule has 11 nitrogen and oxygen atoms in total. The number of phenols is 3. The van der Waals surface area contributed by atoms with Crippen molar-refractivity contribution in [3.8, 4) is 34.3 Å². The van der Waals surface area contributed by atoms with Crippen LogP contribution in [0.2, 0.25) is 0 Å². The van der Waals surface area contributed by atoms with Crippen LogP contribution in [0, 0.1) is 0 Å². The highest BCUT2D eigenvalue weighted by molar-refractivity contribution is 5.86. The first-order valence-electron chi connectivity index (χ1n) is 9.50. The maximum atomic E-state index is 12.5. The SMILES string of the molecule is O=c1cc(-c2ccc(O)c(O)c2)oc2cc(O[C@@H]3O[C@H](CO)[C@H](O)[C@H](O)[C@@H]3O)cc(O)c12. The topological polar surface area (TPSA) is 190 Å². The molecule has 1 fully saturated rings. The van der Waals surface area contributed by atoms with Gasteiger partial charge in [0.15, 0.2) is 16.9 Å². The summed E-state index contributed by atoms with van der Waals surface area (Å²) >= 11 is 0. The molecule has 2 aromatic carbocycles. The lowest BCUT2D eigenvalue weighted by molar-refractivity contribution is -0.277. The van der Waals surface area contributed by atoms with Crippen molar-refractivity contribution in [3.05, 3.63) is 46.6 Å². The van der Waals surface area contributed by atoms with Crippen LogP contribution in [0.15, 0.2) is 45.6 Å². The summed E-state index contributed by atoms with van der Waals surface area (Å²) in [5.41, 5.74) is -0.413. The summed E-state index contributed by atoms with van der Waals surface area (Å²) in [6.07, 6.45) is -7.61. The van der Waals surface area contributed by atoms with E-state index in [2.05, 4.69) is 0 Å². The second kappa shape index (κ2) is 8.30. The highest BCUT2D eigenvalue weighted by atomic mass is 16.7. The quantitative estimate of drug-likeness (QED) is 0.261. The lowest BCUT2D eigenvalue weighted by Gasteiger charge is -2.39. The summed E-state index contributed by atoms with van der Waals surface area (Å²) in [4.78, 5) is 12.5. The molecule has 3 aromatic rings. The molecular formula is C21H20O11. The van der Waals surface area contributed by atoms with Crippen LogP contribution in [0.5, 0.6) is 23.0 Å². The molecule has 1 aliphatic rings. The molecule has 0 amide bonds. The molecule has 1 saturated heterocycles. The monoisotopic (exact) mass is 448 g/mol. The first-order valence-corrected chi connectivity index (χ1v) is 9.50. The van der Waals surface area contributed by atoms with Gasteiger partial charge in [0.2, 0.25) is 6.29 Å². The van der Waals surface area contributed by atoms with E-state index < -0.39 is 54.2 Å². The third-order valence-electron chi connectivity index (χ3n) is 5.14. The Morgan fingerprint density at radius 3 is 2.31 bits per heavy atom. The van der Waals surface area contributed by atoms with Crippen molar-refractivity contribution in [1.82, 2.24) is 0 Å². The Labute approximate surface area is 179 Å². The lowest BCUT2D eigenvalue weighted by Crippen LogP contribution is -2.60. The van der Waals surface area contributed by atoms with Crippen LogP contribution < -0.4 is 10.2 Å². The molecule has 0 radical (unpaired) electrons. The van der Waals surface area contributed by atoms with Crippen molar-refractivity contribution in [1.29, 1.82) is 0 Å². The predicted octanol–water partition coefficient (Wildman–Crippen LogP) is -0.245. The Hall–Kier alpha value is -3.35. The summed E-state index contributed by atoms with van der Waals surface area (Å²) in [6.45, 7) is -0.647. The number of ether oxygens (including phenoxy) is 2. The first kappa shape index (κ1) is 21.9. The average Bonchev–Trinajstić information content (AvgIpc) is 2.75. The largest absolute Gasteiger partial charge is 0.507 e. The van der Waals surface area contributed by atoms with Gasteiger partial charge in [0.05, 0.1) is 6.61 Å². The second-order valence-corrected chi connectivity index (χ2v) is 7.31. The molecule has 0 saturated carbocycles. The fourth-order valence-electron chi connectivity index (χ4n) is 3.43. The summed E-state index contributed by atoms with van der Waals surface area (Å²) in [5.74, 6) is -1.34. The normalized spacial score (nSPS) is 25.7. The van der Waals surface area contributed by atoms with Gasteiger partial charge in [0, 0.05) is 23.8 Å². The third kappa shape index (κ3) is 3.83. The zero-order valence-electron chi connectivity index (χ0n) is 16.3. The van der Waals surface area contributed by atoms with Crippen LogP contribution in [-0.2, 0) is 4.74 Å². The maximum Gasteiger partial charge on any atom is 0.229 e. The molecular weight excluding hydrogens is 428 g/mol. The molecule has 0 aliphatic carbocycles. The van der Waals surface area contributed by atoms with E-state index in [1.165, 1.54) is 24.3 Å². The minimum Gasteiger partial charge on any atom is -0.507 e. The molecule has 2 heterocycles. The van der Waals surface area contributed by atoms with Crippen molar-refractivity contribution in [3.63, 3.8) is 0 Å². The smallest absolute Gasteiger partial charge is 0.229 e. The lowest BCUT2D eigenvalue weighted by atomic mass is 9.99. The summed E-state index contributed by atoms with van der Waals surface area (Å²) < 4.78 is 16.4. The van der Waals surface area contributed by atoms with Gasteiger partial charge in [0.25, 0.3) is 0 Å². The number of aliphatic hydroxyl groups is 4. The second-order valence-electron chi connectivity index (χ2n) is 7.31. The zero-order valence-corrected chi connectivity index (χ0v) is 16.3. The van der Waals surface area contributed by atoms with Crippen LogP contribution >= 0.6 is 0 Å². The van der Waals surface area contributed by atoms with Crippen molar-refractivity contribution in [2.45, 2.75) is 30.7 Å². The molecule has 7 N–H and O–H groups in total. The summed E-state index contributed by atoms with van der Waals surface area (Å²) in [6, 6.07) is 7.23. The highest BCUT2D eigenvalue weighted by Crippen LogP contribution is 2.35. The fraction of sp³-hybridized carbons (Fsp3) is 0.286. The summed E-state index contributed by atoms with van der Waals surface area (Å²) in [7, 11) is 0. The molecule has 170 valence electrons. The van der Waals surface area contributed by atoms with Crippen molar-refractivity contribution >= 4 is 11.0 Å². The molecule has 0 bridgehead atoms. The molecule has 1 aliphatic heterocycles. The number of aromatic hydroxyl groups is 3. The van der Waals surface area contributed by atoms with Crippen LogP contribution in [0.3, 0.4) is 0 Å². The van der Waals surface area contributed by atoms with Gasteiger partial charge in [-0.3, -0.25) is 4.79 Å². The minimum atomic E-state index is -1.68. The van der Waals surface area contributed by atoms with E-state index in [0.29, 0.717) is 0 Å². The Morgan fingerprint density at radius 2 is 1.62 bits per heavy atom. The van der Waals surface area contributed by atoms with Crippen LogP contribution in [0.25, 0.3) is 22.3 Å². The number of rotatable bonds is 4. The summed E-state index contributed by atoms with van der Waals surface area (Å²) in [5, 5.41) is 68.5. The van der Waals surface area contributed by atoms with Gasteiger partial charge in [-0.15, -0.1) is 0 Å². The van der Waals surface area contributed by atoms with Gasteiger partial charge in [-0.05, 0) is 18.2 Å². The maximum absolute atomic E-state index is 12.5. The van der Waals surface area contributed by atoms with Gasteiger partial charge >= 0.3 is 0 Å². The number of fused-ring (bicyclic) bond motifs is 1. The van der Waals surface area contributed by atoms with E-state index in [1.54, 1.807) is 0 Å². The minimum absolute atomic E-state index is 0.0298. The van der Waals surface area contributed by atoms with Crippen LogP contribution in [0.1, 0.15) is 0 Å². The van der Waals surface area contributed by atoms with E-state index >= 15 is 0 Å². The number of benzene rings is 2. The fourth-order valence-corrected chi connectivity index (χ4v) is 3.43. The average molecular weight is 448 g/mol. The van der Waals surface area contributed by atoms with Gasteiger partial charge in [-0.1, -0.05) is 0 Å². The zero-order chi connectivity index (χ0) is 23.2. The van der Waals surface area contributed by atoms with Gasteiger partial charge < -0.3 is 49.6 Å². The standard InChI is InChI=1S/C21H20O11/c22-7-16-18(27)19(28)20(29)21(32-16)30-9-4-12(25)17-13(26)6-14(31-15(17)5-9)8-1-2-10(23)11(24)3-8/h1-6,16,18-25,27-29H,7H2/t16-,18+,19+,20+,21-/m1/s1. The van der Waals surface area contributed by atoms with E-state index in [4.69, 9.17) is 13.9 Å². The Morgan fingerprint density at radius 1 is 0.875 bits per heavy atom. The predicted molar refractivity (Wildman–Crippen MR) is 107 cm³/mol. The highest BCUT2D eigenvalue weighted by Gasteiger charge is 2.44. The number of hydrogen-bond donors (Lipinski definition) is 7. The molecule has 4 rings (SSSR count). The number of phenolic OH excluding ortho intramolecular Hbond substituents is 3. The van der Waals surface area contributed by atoms with E-state index in [9.17, 15) is 40.5 Å².